The Bertz CT molecular complexity index is 582. The second-order valence-corrected chi connectivity index (χ2v) is 4.36. The average molecular weight is 251 g/mol. The molecule has 0 saturated carbocycles. The summed E-state index contributed by atoms with van der Waals surface area (Å²) in [5.41, 5.74) is 4.36. The van der Waals surface area contributed by atoms with Crippen LogP contribution in [0.3, 0.4) is 0 Å². The van der Waals surface area contributed by atoms with E-state index < -0.39 is 0 Å². The summed E-state index contributed by atoms with van der Waals surface area (Å²) in [6.07, 6.45) is 0.458. The molecule has 0 aliphatic carbocycles. The highest BCUT2D eigenvalue weighted by Crippen LogP contribution is 2.25. The molecule has 0 amide bonds. The van der Waals surface area contributed by atoms with Gasteiger partial charge in [-0.15, -0.1) is 0 Å². The Morgan fingerprint density at radius 2 is 1.84 bits per heavy atom. The van der Waals surface area contributed by atoms with Crippen LogP contribution in [0.5, 0.6) is 0 Å². The zero-order valence-electron chi connectivity index (χ0n) is 11.2. The van der Waals surface area contributed by atoms with E-state index in [1.54, 1.807) is 0 Å². The maximum atomic E-state index is 8.67. The van der Waals surface area contributed by atoms with Gasteiger partial charge in [-0.25, -0.2) is 0 Å². The second-order valence-electron chi connectivity index (χ2n) is 4.36. The summed E-state index contributed by atoms with van der Waals surface area (Å²) < 4.78 is 0. The van der Waals surface area contributed by atoms with E-state index in [1.807, 2.05) is 50.5 Å². The molecule has 0 aliphatic rings. The van der Waals surface area contributed by atoms with Crippen LogP contribution < -0.4 is 10.2 Å². The number of nitrogens with one attached hydrogen (secondary N) is 1. The predicted molar refractivity (Wildman–Crippen MR) is 79.8 cm³/mol. The fourth-order valence-corrected chi connectivity index (χ4v) is 1.95. The van der Waals surface area contributed by atoms with E-state index in [-0.39, 0.29) is 0 Å². The lowest BCUT2D eigenvalue weighted by Crippen LogP contribution is -2.09. The molecular formula is C16H17N3. The molecule has 0 bridgehead atoms. The molecular weight excluding hydrogens is 234 g/mol. The summed E-state index contributed by atoms with van der Waals surface area (Å²) in [7, 11) is 3.95. The molecule has 96 valence electrons. The van der Waals surface area contributed by atoms with E-state index in [2.05, 4.69) is 28.4 Å². The third kappa shape index (κ3) is 3.05. The van der Waals surface area contributed by atoms with Gasteiger partial charge in [0.1, 0.15) is 0 Å². The Balaban J connectivity index is 2.23. The molecule has 2 aromatic rings. The summed E-state index contributed by atoms with van der Waals surface area (Å²) in [6.45, 7) is 0. The quantitative estimate of drug-likeness (QED) is 0.903. The Kier molecular flexibility index (Phi) is 4.04. The molecule has 0 aromatic heterocycles. The van der Waals surface area contributed by atoms with Crippen LogP contribution in [0.1, 0.15) is 5.56 Å². The fourth-order valence-electron chi connectivity index (χ4n) is 1.95. The van der Waals surface area contributed by atoms with E-state index in [0.29, 0.717) is 6.42 Å². The minimum absolute atomic E-state index is 0.458. The first kappa shape index (κ1) is 13.0. The minimum Gasteiger partial charge on any atom is -0.388 e. The van der Waals surface area contributed by atoms with Crippen LogP contribution in [-0.4, -0.2) is 14.1 Å². The highest BCUT2D eigenvalue weighted by Gasteiger charge is 2.04. The van der Waals surface area contributed by atoms with Crippen LogP contribution in [0, 0.1) is 11.3 Å². The summed E-state index contributed by atoms with van der Waals surface area (Å²) in [5.74, 6) is 0. The Hall–Kier alpha value is -2.47. The average Bonchev–Trinajstić information content (AvgIpc) is 2.48. The molecule has 1 N–H and O–H groups in total. The summed E-state index contributed by atoms with van der Waals surface area (Å²) in [6, 6.07) is 18.5. The molecule has 0 atom stereocenters. The molecule has 19 heavy (non-hydrogen) atoms. The van der Waals surface area contributed by atoms with Crippen molar-refractivity contribution in [2.24, 2.45) is 0 Å². The van der Waals surface area contributed by atoms with Crippen molar-refractivity contribution in [3.8, 4) is 6.07 Å². The third-order valence-corrected chi connectivity index (χ3v) is 3.13. The molecule has 0 spiro atoms. The lowest BCUT2D eigenvalue weighted by atomic mass is 10.1. The first-order chi connectivity index (χ1) is 9.24. The highest BCUT2D eigenvalue weighted by molar-refractivity contribution is 5.66. The van der Waals surface area contributed by atoms with Gasteiger partial charge in [-0.3, -0.25) is 0 Å². The van der Waals surface area contributed by atoms with Crippen LogP contribution in [0.4, 0.5) is 17.1 Å². The predicted octanol–water partition coefficient (Wildman–Crippen LogP) is 3.56. The molecule has 3 nitrogen and oxygen atoms in total. The van der Waals surface area contributed by atoms with Gasteiger partial charge in [-0.05, 0) is 35.9 Å². The number of rotatable bonds is 4. The van der Waals surface area contributed by atoms with Crippen molar-refractivity contribution in [1.82, 2.24) is 0 Å². The largest absolute Gasteiger partial charge is 0.388 e. The van der Waals surface area contributed by atoms with Crippen molar-refractivity contribution in [1.29, 1.82) is 5.26 Å². The molecule has 3 heteroatoms. The first-order valence-electron chi connectivity index (χ1n) is 6.22. The molecule has 0 heterocycles. The lowest BCUT2D eigenvalue weighted by Gasteiger charge is -2.20. The SMILES string of the molecule is CNc1cccc(N(C)c2ccc(CC#N)cc2)c1. The summed E-state index contributed by atoms with van der Waals surface area (Å²) >= 11 is 0. The van der Waals surface area contributed by atoms with E-state index >= 15 is 0 Å². The first-order valence-corrected chi connectivity index (χ1v) is 6.22. The molecule has 0 radical (unpaired) electrons. The Morgan fingerprint density at radius 3 is 2.47 bits per heavy atom. The molecule has 0 fully saturated rings. The number of anilines is 3. The monoisotopic (exact) mass is 251 g/mol. The maximum absolute atomic E-state index is 8.67. The van der Waals surface area contributed by atoms with E-state index in [1.165, 1.54) is 0 Å². The number of hydrogen-bond acceptors (Lipinski definition) is 3. The van der Waals surface area contributed by atoms with E-state index in [4.69, 9.17) is 5.26 Å². The Labute approximate surface area is 114 Å². The van der Waals surface area contributed by atoms with Crippen LogP contribution >= 0.6 is 0 Å². The van der Waals surface area contributed by atoms with Crippen molar-refractivity contribution in [3.05, 3.63) is 54.1 Å². The number of nitriles is 1. The number of nitrogens with zero attached hydrogens (tertiary/aromatic N) is 2. The van der Waals surface area contributed by atoms with Gasteiger partial charge in [-0.2, -0.15) is 5.26 Å². The van der Waals surface area contributed by atoms with Crippen molar-refractivity contribution in [2.75, 3.05) is 24.3 Å². The number of benzene rings is 2. The molecule has 0 unspecified atom stereocenters. The van der Waals surface area contributed by atoms with Gasteiger partial charge in [0, 0.05) is 31.2 Å². The van der Waals surface area contributed by atoms with Crippen LogP contribution in [-0.2, 0) is 6.42 Å². The smallest absolute Gasteiger partial charge is 0.0669 e. The van der Waals surface area contributed by atoms with Gasteiger partial charge >= 0.3 is 0 Å². The van der Waals surface area contributed by atoms with Gasteiger partial charge in [0.2, 0.25) is 0 Å². The van der Waals surface area contributed by atoms with Crippen LogP contribution in [0.2, 0.25) is 0 Å². The second kappa shape index (κ2) is 5.92. The summed E-state index contributed by atoms with van der Waals surface area (Å²) in [4.78, 5) is 2.12. The van der Waals surface area contributed by atoms with Crippen LogP contribution in [0.25, 0.3) is 0 Å². The highest BCUT2D eigenvalue weighted by atomic mass is 15.1. The van der Waals surface area contributed by atoms with Gasteiger partial charge < -0.3 is 10.2 Å². The fraction of sp³-hybridized carbons (Fsp3) is 0.188. The Morgan fingerprint density at radius 1 is 1.11 bits per heavy atom. The maximum Gasteiger partial charge on any atom is 0.0669 e. The normalized spacial score (nSPS) is 9.74. The van der Waals surface area contributed by atoms with Gasteiger partial charge in [0.25, 0.3) is 0 Å². The van der Waals surface area contributed by atoms with Crippen molar-refractivity contribution in [3.63, 3.8) is 0 Å². The number of hydrogen-bond donors (Lipinski definition) is 1. The molecule has 0 saturated heterocycles. The zero-order valence-corrected chi connectivity index (χ0v) is 11.2. The third-order valence-electron chi connectivity index (χ3n) is 3.13. The summed E-state index contributed by atoms with van der Waals surface area (Å²) in [5, 5.41) is 11.8. The zero-order chi connectivity index (χ0) is 13.7. The lowest BCUT2D eigenvalue weighted by molar-refractivity contribution is 1.19. The van der Waals surface area contributed by atoms with Gasteiger partial charge in [0.15, 0.2) is 0 Å². The molecule has 2 rings (SSSR count). The minimum atomic E-state index is 0.458. The van der Waals surface area contributed by atoms with E-state index in [9.17, 15) is 0 Å². The van der Waals surface area contributed by atoms with Crippen LogP contribution in [0.15, 0.2) is 48.5 Å². The van der Waals surface area contributed by atoms with Gasteiger partial charge in [0.05, 0.1) is 12.5 Å². The van der Waals surface area contributed by atoms with Crippen molar-refractivity contribution < 1.29 is 0 Å². The van der Waals surface area contributed by atoms with Gasteiger partial charge in [-0.1, -0.05) is 18.2 Å². The van der Waals surface area contributed by atoms with Crippen molar-refractivity contribution in [2.45, 2.75) is 6.42 Å². The van der Waals surface area contributed by atoms with Crippen molar-refractivity contribution >= 4 is 17.1 Å². The van der Waals surface area contributed by atoms with E-state index in [0.717, 1.165) is 22.6 Å². The topological polar surface area (TPSA) is 39.1 Å². The standard InChI is InChI=1S/C16H17N3/c1-18-14-4-3-5-16(12-14)19(2)15-8-6-13(7-9-15)10-11-17/h3-9,12,18H,10H2,1-2H3. The molecule has 2 aromatic carbocycles. The molecule has 0 aliphatic heterocycles.